The highest BCUT2D eigenvalue weighted by molar-refractivity contribution is 5.98. The molecule has 0 bridgehead atoms. The fourth-order valence-corrected chi connectivity index (χ4v) is 3.67. The molecule has 0 aromatic heterocycles. The molecule has 2 aromatic carbocycles. The summed E-state index contributed by atoms with van der Waals surface area (Å²) < 4.78 is 39.4. The number of carbonyl (C=O) groups is 1. The SMILES string of the molecule is COc1ccc(C(=O)[C@@H]2CCCN(Cc3ccc(OC(F)F)cc3)C2)cc1OC. The van der Waals surface area contributed by atoms with Crippen LogP contribution in [0.2, 0.25) is 0 Å². The zero-order valence-electron chi connectivity index (χ0n) is 16.6. The van der Waals surface area contributed by atoms with E-state index in [2.05, 4.69) is 9.64 Å². The molecule has 7 heteroatoms. The molecule has 1 aliphatic heterocycles. The monoisotopic (exact) mass is 405 g/mol. The molecule has 1 saturated heterocycles. The lowest BCUT2D eigenvalue weighted by atomic mass is 9.89. The van der Waals surface area contributed by atoms with Gasteiger partial charge in [0.15, 0.2) is 17.3 Å². The summed E-state index contributed by atoms with van der Waals surface area (Å²) in [6, 6.07) is 11.9. The maximum atomic E-state index is 13.0. The second-order valence-electron chi connectivity index (χ2n) is 7.03. The molecular weight excluding hydrogens is 380 g/mol. The van der Waals surface area contributed by atoms with Crippen molar-refractivity contribution in [1.29, 1.82) is 0 Å². The zero-order chi connectivity index (χ0) is 20.8. The molecule has 0 spiro atoms. The van der Waals surface area contributed by atoms with Gasteiger partial charge in [0.05, 0.1) is 14.2 Å². The number of hydrogen-bond acceptors (Lipinski definition) is 5. The van der Waals surface area contributed by atoms with Gasteiger partial charge in [0, 0.05) is 24.6 Å². The van der Waals surface area contributed by atoms with Crippen molar-refractivity contribution in [1.82, 2.24) is 4.90 Å². The quantitative estimate of drug-likeness (QED) is 0.610. The first-order chi connectivity index (χ1) is 14.0. The zero-order valence-corrected chi connectivity index (χ0v) is 16.6. The molecule has 0 aliphatic carbocycles. The Balaban J connectivity index is 1.63. The Morgan fingerprint density at radius 2 is 1.83 bits per heavy atom. The maximum Gasteiger partial charge on any atom is 0.387 e. The van der Waals surface area contributed by atoms with Crippen LogP contribution in [-0.2, 0) is 6.54 Å². The van der Waals surface area contributed by atoms with E-state index in [1.165, 1.54) is 12.1 Å². The first kappa shape index (κ1) is 21.0. The predicted molar refractivity (Wildman–Crippen MR) is 105 cm³/mol. The van der Waals surface area contributed by atoms with Gasteiger partial charge < -0.3 is 14.2 Å². The number of halogens is 2. The number of benzene rings is 2. The van der Waals surface area contributed by atoms with Crippen LogP contribution in [-0.4, -0.2) is 44.6 Å². The van der Waals surface area contributed by atoms with E-state index in [1.54, 1.807) is 44.6 Å². The molecule has 1 aliphatic rings. The van der Waals surface area contributed by atoms with Gasteiger partial charge in [0.25, 0.3) is 0 Å². The summed E-state index contributed by atoms with van der Waals surface area (Å²) in [6.45, 7) is -0.621. The van der Waals surface area contributed by atoms with Gasteiger partial charge in [-0.15, -0.1) is 0 Å². The van der Waals surface area contributed by atoms with Gasteiger partial charge in [-0.25, -0.2) is 0 Å². The lowest BCUT2D eigenvalue weighted by Crippen LogP contribution is -2.38. The Morgan fingerprint density at radius 1 is 1.10 bits per heavy atom. The average Bonchev–Trinajstić information content (AvgIpc) is 2.74. The third-order valence-electron chi connectivity index (χ3n) is 5.10. The molecule has 1 fully saturated rings. The fraction of sp³-hybridized carbons (Fsp3) is 0.409. The van der Waals surface area contributed by atoms with Crippen molar-refractivity contribution < 1.29 is 27.8 Å². The Hall–Kier alpha value is -2.67. The highest BCUT2D eigenvalue weighted by Gasteiger charge is 2.27. The van der Waals surface area contributed by atoms with Gasteiger partial charge >= 0.3 is 6.61 Å². The fourth-order valence-electron chi connectivity index (χ4n) is 3.67. The van der Waals surface area contributed by atoms with Crippen molar-refractivity contribution in [3.63, 3.8) is 0 Å². The van der Waals surface area contributed by atoms with Gasteiger partial charge in [0.1, 0.15) is 5.75 Å². The van der Waals surface area contributed by atoms with Crippen LogP contribution in [0.4, 0.5) is 8.78 Å². The van der Waals surface area contributed by atoms with Crippen molar-refractivity contribution >= 4 is 5.78 Å². The summed E-state index contributed by atoms with van der Waals surface area (Å²) in [7, 11) is 3.11. The normalized spacial score (nSPS) is 17.2. The Bertz CT molecular complexity index is 826. The molecule has 1 heterocycles. The van der Waals surface area contributed by atoms with E-state index in [0.29, 0.717) is 30.2 Å². The van der Waals surface area contributed by atoms with Crippen molar-refractivity contribution in [2.45, 2.75) is 26.0 Å². The van der Waals surface area contributed by atoms with Gasteiger partial charge in [-0.05, 0) is 55.3 Å². The van der Waals surface area contributed by atoms with Crippen molar-refractivity contribution in [3.8, 4) is 17.2 Å². The Labute approximate surface area is 169 Å². The van der Waals surface area contributed by atoms with E-state index in [-0.39, 0.29) is 17.5 Å². The van der Waals surface area contributed by atoms with Crippen molar-refractivity contribution in [3.05, 3.63) is 53.6 Å². The standard InChI is InChI=1S/C22H25F2NO4/c1-27-19-10-7-16(12-20(19)28-2)21(26)17-4-3-11-25(14-17)13-15-5-8-18(9-6-15)29-22(23)24/h5-10,12,17,22H,3-4,11,13-14H2,1-2H3/t17-/m1/s1. The maximum absolute atomic E-state index is 13.0. The van der Waals surface area contributed by atoms with E-state index >= 15 is 0 Å². The molecule has 0 N–H and O–H groups in total. The number of Topliss-reactive ketones (excluding diaryl/α,β-unsaturated/α-hetero) is 1. The average molecular weight is 405 g/mol. The number of piperidine rings is 1. The topological polar surface area (TPSA) is 48.0 Å². The number of rotatable bonds is 8. The molecule has 0 radical (unpaired) electrons. The highest BCUT2D eigenvalue weighted by atomic mass is 19.3. The first-order valence-corrected chi connectivity index (χ1v) is 9.52. The molecule has 2 aromatic rings. The van der Waals surface area contributed by atoms with Crippen LogP contribution in [0, 0.1) is 5.92 Å². The summed E-state index contributed by atoms with van der Waals surface area (Å²) in [6.07, 6.45) is 1.76. The predicted octanol–water partition coefficient (Wildman–Crippen LogP) is 4.40. The minimum Gasteiger partial charge on any atom is -0.493 e. The molecule has 0 saturated carbocycles. The van der Waals surface area contributed by atoms with Crippen molar-refractivity contribution in [2.24, 2.45) is 5.92 Å². The van der Waals surface area contributed by atoms with Gasteiger partial charge in [-0.1, -0.05) is 12.1 Å². The van der Waals surface area contributed by atoms with E-state index < -0.39 is 6.61 Å². The smallest absolute Gasteiger partial charge is 0.387 e. The number of hydrogen-bond donors (Lipinski definition) is 0. The van der Waals surface area contributed by atoms with E-state index in [9.17, 15) is 13.6 Å². The third-order valence-corrected chi connectivity index (χ3v) is 5.10. The molecule has 3 rings (SSSR count). The molecule has 0 unspecified atom stereocenters. The van der Waals surface area contributed by atoms with E-state index in [1.807, 2.05) is 0 Å². The van der Waals surface area contributed by atoms with Crippen LogP contribution in [0.15, 0.2) is 42.5 Å². The second kappa shape index (κ2) is 9.69. The number of likely N-dealkylation sites (tertiary alicyclic amines) is 1. The van der Waals surface area contributed by atoms with Gasteiger partial charge in [0.2, 0.25) is 0 Å². The van der Waals surface area contributed by atoms with Crippen LogP contribution >= 0.6 is 0 Å². The number of methoxy groups -OCH3 is 2. The molecule has 5 nitrogen and oxygen atoms in total. The van der Waals surface area contributed by atoms with Gasteiger partial charge in [-0.3, -0.25) is 9.69 Å². The second-order valence-corrected chi connectivity index (χ2v) is 7.03. The number of carbonyl (C=O) groups excluding carboxylic acids is 1. The number of alkyl halides is 2. The van der Waals surface area contributed by atoms with Crippen LogP contribution < -0.4 is 14.2 Å². The molecule has 29 heavy (non-hydrogen) atoms. The summed E-state index contributed by atoms with van der Waals surface area (Å²) in [5, 5.41) is 0. The lowest BCUT2D eigenvalue weighted by Gasteiger charge is -2.32. The lowest BCUT2D eigenvalue weighted by molar-refractivity contribution is -0.0498. The van der Waals surface area contributed by atoms with Crippen LogP contribution in [0.3, 0.4) is 0 Å². The van der Waals surface area contributed by atoms with Crippen LogP contribution in [0.25, 0.3) is 0 Å². The van der Waals surface area contributed by atoms with E-state index in [4.69, 9.17) is 9.47 Å². The minimum atomic E-state index is -2.83. The molecule has 156 valence electrons. The largest absolute Gasteiger partial charge is 0.493 e. The highest BCUT2D eigenvalue weighted by Crippen LogP contribution is 2.30. The van der Waals surface area contributed by atoms with Crippen LogP contribution in [0.5, 0.6) is 17.2 Å². The third kappa shape index (κ3) is 5.44. The summed E-state index contributed by atoms with van der Waals surface area (Å²) in [5.74, 6) is 1.27. The summed E-state index contributed by atoms with van der Waals surface area (Å²) in [4.78, 5) is 15.2. The van der Waals surface area contributed by atoms with Gasteiger partial charge in [-0.2, -0.15) is 8.78 Å². The number of ketones is 1. The minimum absolute atomic E-state index is 0.0938. The van der Waals surface area contributed by atoms with Crippen LogP contribution in [0.1, 0.15) is 28.8 Å². The Morgan fingerprint density at radius 3 is 2.48 bits per heavy atom. The van der Waals surface area contributed by atoms with Crippen molar-refractivity contribution in [2.75, 3.05) is 27.3 Å². The molecule has 0 amide bonds. The first-order valence-electron chi connectivity index (χ1n) is 9.52. The number of ether oxygens (including phenoxy) is 3. The summed E-state index contributed by atoms with van der Waals surface area (Å²) in [5.41, 5.74) is 1.61. The molecule has 1 atom stereocenters. The molecular formula is C22H25F2NO4. The Kier molecular flexibility index (Phi) is 7.04. The summed E-state index contributed by atoms with van der Waals surface area (Å²) >= 11 is 0. The number of nitrogens with zero attached hydrogens (tertiary/aromatic N) is 1. The van der Waals surface area contributed by atoms with E-state index in [0.717, 1.165) is 24.9 Å².